The van der Waals surface area contributed by atoms with Crippen LogP contribution < -0.4 is 5.32 Å². The molecule has 0 heterocycles. The predicted octanol–water partition coefficient (Wildman–Crippen LogP) is 3.76. The van der Waals surface area contributed by atoms with E-state index in [2.05, 4.69) is 80.4 Å². The zero-order valence-electron chi connectivity index (χ0n) is 17.4. The summed E-state index contributed by atoms with van der Waals surface area (Å²) in [5.74, 6) is 0. The molecule has 0 aromatic heterocycles. The topological polar surface area (TPSA) is 38.3 Å². The molecule has 0 fully saturated rings. The molecule has 0 aliphatic carbocycles. The monoisotopic (exact) mass is 477 g/mol. The molecule has 0 radical (unpaired) electrons. The van der Waals surface area contributed by atoms with Gasteiger partial charge in [0.25, 0.3) is 0 Å². The molecule has 0 saturated carbocycles. The lowest BCUT2D eigenvalue weighted by Crippen LogP contribution is -2.45. The predicted molar refractivity (Wildman–Crippen MR) is 116 cm³/mol. The fraction of sp³-hybridized carbons (Fsp3) is 0.650. The summed E-state index contributed by atoms with van der Waals surface area (Å²) in [6.07, 6.45) is -0.349. The molecule has 5 nitrogen and oxygen atoms in total. The van der Waals surface area contributed by atoms with Crippen molar-refractivity contribution in [3.8, 4) is 0 Å². The molecule has 0 aliphatic rings. The third kappa shape index (κ3) is 9.73. The molecule has 1 aromatic rings. The SMILES string of the molecule is CC(C)(C)OC(=O)NCC[N+](C)(C)Cc1ccc(C[N+](C)(C)CI)cc1. The number of carbonyl (C=O) groups is 1. The van der Waals surface area contributed by atoms with Crippen LogP contribution >= 0.6 is 22.6 Å². The van der Waals surface area contributed by atoms with Crippen molar-refractivity contribution in [1.29, 1.82) is 0 Å². The van der Waals surface area contributed by atoms with Crippen molar-refractivity contribution >= 4 is 28.7 Å². The molecule has 0 unspecified atom stereocenters. The molecular formula is C20H36IN3O2+2. The Morgan fingerprint density at radius 1 is 1.00 bits per heavy atom. The quantitative estimate of drug-likeness (QED) is 0.268. The van der Waals surface area contributed by atoms with E-state index >= 15 is 0 Å². The Hall–Kier alpha value is -0.860. The van der Waals surface area contributed by atoms with Crippen LogP contribution in [-0.2, 0) is 17.8 Å². The molecule has 0 saturated heterocycles. The molecule has 0 aliphatic heterocycles. The standard InChI is InChI=1S/C20H35IN3O2/c1-20(2,3)26-19(25)22-12-13-23(4,5)14-17-8-10-18(11-9-17)15-24(6,7)16-21/h8-11H,12-16H2,1-7H3/q+1/p+1. The van der Waals surface area contributed by atoms with Crippen LogP contribution in [0.2, 0.25) is 0 Å². The van der Waals surface area contributed by atoms with Crippen molar-refractivity contribution in [2.75, 3.05) is 45.8 Å². The fourth-order valence-corrected chi connectivity index (χ4v) is 2.88. The first kappa shape index (κ1) is 23.2. The lowest BCUT2D eigenvalue weighted by molar-refractivity contribution is -0.902. The number of amides is 1. The molecular weight excluding hydrogens is 441 g/mol. The van der Waals surface area contributed by atoms with E-state index in [-0.39, 0.29) is 6.09 Å². The number of benzene rings is 1. The van der Waals surface area contributed by atoms with Crippen LogP contribution in [0.3, 0.4) is 0 Å². The van der Waals surface area contributed by atoms with Gasteiger partial charge in [0.15, 0.2) is 0 Å². The van der Waals surface area contributed by atoms with E-state index in [1.165, 1.54) is 11.1 Å². The van der Waals surface area contributed by atoms with Crippen LogP contribution in [-0.4, -0.2) is 66.5 Å². The highest BCUT2D eigenvalue weighted by Gasteiger charge is 2.19. The second kappa shape index (κ2) is 9.37. The van der Waals surface area contributed by atoms with Crippen molar-refractivity contribution < 1.29 is 18.5 Å². The summed E-state index contributed by atoms with van der Waals surface area (Å²) in [5, 5.41) is 2.84. The summed E-state index contributed by atoms with van der Waals surface area (Å²) in [6, 6.07) is 8.93. The zero-order chi connectivity index (χ0) is 20.0. The Balaban J connectivity index is 2.50. The van der Waals surface area contributed by atoms with E-state index in [4.69, 9.17) is 4.74 Å². The number of alkyl carbamates (subject to hydrolysis) is 1. The average Bonchev–Trinajstić information content (AvgIpc) is 2.46. The van der Waals surface area contributed by atoms with Gasteiger partial charge in [-0.1, -0.05) is 24.3 Å². The van der Waals surface area contributed by atoms with E-state index in [0.717, 1.165) is 33.2 Å². The van der Waals surface area contributed by atoms with Gasteiger partial charge in [0, 0.05) is 11.1 Å². The zero-order valence-corrected chi connectivity index (χ0v) is 19.6. The minimum Gasteiger partial charge on any atom is -0.444 e. The number of carbonyl (C=O) groups excluding carboxylic acids is 1. The van der Waals surface area contributed by atoms with Gasteiger partial charge in [0.1, 0.15) is 23.2 Å². The molecule has 1 rings (SSSR count). The van der Waals surface area contributed by atoms with Crippen LogP contribution in [0.15, 0.2) is 24.3 Å². The summed E-state index contributed by atoms with van der Waals surface area (Å²) in [7, 11) is 8.86. The largest absolute Gasteiger partial charge is 0.444 e. The first-order valence-electron chi connectivity index (χ1n) is 9.07. The smallest absolute Gasteiger partial charge is 0.407 e. The molecule has 0 spiro atoms. The van der Waals surface area contributed by atoms with Crippen LogP contribution in [0.4, 0.5) is 4.79 Å². The Kier molecular flexibility index (Phi) is 8.35. The van der Waals surface area contributed by atoms with Gasteiger partial charge in [-0.05, 0) is 43.4 Å². The lowest BCUT2D eigenvalue weighted by atomic mass is 10.1. The minimum absolute atomic E-state index is 0.349. The Bertz CT molecular complexity index is 578. The van der Waals surface area contributed by atoms with Crippen molar-refractivity contribution in [2.45, 2.75) is 39.5 Å². The summed E-state index contributed by atoms with van der Waals surface area (Å²) in [6.45, 7) is 9.03. The number of hydrogen-bond acceptors (Lipinski definition) is 2. The number of hydrogen-bond donors (Lipinski definition) is 1. The maximum Gasteiger partial charge on any atom is 0.407 e. The Morgan fingerprint density at radius 2 is 1.46 bits per heavy atom. The highest BCUT2D eigenvalue weighted by molar-refractivity contribution is 14.1. The van der Waals surface area contributed by atoms with Gasteiger partial charge in [-0.15, -0.1) is 0 Å². The fourth-order valence-electron chi connectivity index (χ4n) is 2.63. The molecule has 1 amide bonds. The normalized spacial score (nSPS) is 12.8. The third-order valence-electron chi connectivity index (χ3n) is 3.95. The highest BCUT2D eigenvalue weighted by atomic mass is 127. The van der Waals surface area contributed by atoms with Crippen molar-refractivity contribution in [2.24, 2.45) is 0 Å². The average molecular weight is 477 g/mol. The number of alkyl halides is 1. The second-order valence-corrected chi connectivity index (χ2v) is 9.96. The van der Waals surface area contributed by atoms with Gasteiger partial charge >= 0.3 is 6.09 Å². The molecule has 6 heteroatoms. The summed E-state index contributed by atoms with van der Waals surface area (Å²) in [4.78, 5) is 11.7. The number of likely N-dealkylation sites (N-methyl/N-ethyl adjacent to an activating group) is 1. The van der Waals surface area contributed by atoms with Gasteiger partial charge in [-0.2, -0.15) is 0 Å². The lowest BCUT2D eigenvalue weighted by Gasteiger charge is -2.30. The van der Waals surface area contributed by atoms with Crippen molar-refractivity contribution in [1.82, 2.24) is 5.32 Å². The van der Waals surface area contributed by atoms with Crippen LogP contribution in [0, 0.1) is 0 Å². The van der Waals surface area contributed by atoms with Gasteiger partial charge < -0.3 is 19.0 Å². The molecule has 148 valence electrons. The molecule has 0 bridgehead atoms. The Morgan fingerprint density at radius 3 is 1.88 bits per heavy atom. The molecule has 26 heavy (non-hydrogen) atoms. The Labute approximate surface area is 173 Å². The maximum atomic E-state index is 11.7. The number of ether oxygens (including phenoxy) is 1. The summed E-state index contributed by atoms with van der Waals surface area (Å²) < 4.78 is 8.16. The number of nitrogens with zero attached hydrogens (tertiary/aromatic N) is 2. The van der Waals surface area contributed by atoms with Gasteiger partial charge in [0.05, 0.1) is 41.3 Å². The number of nitrogens with one attached hydrogen (secondary N) is 1. The van der Waals surface area contributed by atoms with E-state index in [0.29, 0.717) is 6.54 Å². The van der Waals surface area contributed by atoms with E-state index in [1.54, 1.807) is 0 Å². The molecule has 1 N–H and O–H groups in total. The van der Waals surface area contributed by atoms with Crippen LogP contribution in [0.1, 0.15) is 31.9 Å². The first-order valence-corrected chi connectivity index (χ1v) is 10.6. The van der Waals surface area contributed by atoms with Gasteiger partial charge in [-0.25, -0.2) is 4.79 Å². The highest BCUT2D eigenvalue weighted by Crippen LogP contribution is 2.15. The maximum absolute atomic E-state index is 11.7. The first-order chi connectivity index (χ1) is 11.8. The number of halogens is 1. The van der Waals surface area contributed by atoms with Crippen LogP contribution in [0.5, 0.6) is 0 Å². The van der Waals surface area contributed by atoms with Gasteiger partial charge in [0.2, 0.25) is 0 Å². The van der Waals surface area contributed by atoms with Crippen LogP contribution in [0.25, 0.3) is 0 Å². The number of quaternary nitrogens is 2. The van der Waals surface area contributed by atoms with Gasteiger partial charge in [-0.3, -0.25) is 0 Å². The van der Waals surface area contributed by atoms with E-state index in [1.807, 2.05) is 20.8 Å². The second-order valence-electron chi connectivity index (χ2n) is 9.28. The third-order valence-corrected chi connectivity index (χ3v) is 5.80. The molecule has 0 atom stereocenters. The van der Waals surface area contributed by atoms with Crippen molar-refractivity contribution in [3.63, 3.8) is 0 Å². The van der Waals surface area contributed by atoms with Crippen molar-refractivity contribution in [3.05, 3.63) is 35.4 Å². The number of rotatable bonds is 8. The van der Waals surface area contributed by atoms with E-state index < -0.39 is 5.60 Å². The van der Waals surface area contributed by atoms with E-state index in [9.17, 15) is 4.79 Å². The minimum atomic E-state index is -0.458. The summed E-state index contributed by atoms with van der Waals surface area (Å²) >= 11 is 2.44. The molecule has 1 aromatic carbocycles. The summed E-state index contributed by atoms with van der Waals surface area (Å²) in [5.41, 5.74) is 2.23.